The molecule has 0 saturated carbocycles. The molecule has 3 rings (SSSR count). The summed E-state index contributed by atoms with van der Waals surface area (Å²) in [5.74, 6) is 1.23. The number of nitrogens with zero attached hydrogens (tertiary/aromatic N) is 1. The maximum absolute atomic E-state index is 12.2. The topological polar surface area (TPSA) is 67.2 Å². The van der Waals surface area contributed by atoms with Gasteiger partial charge in [0.25, 0.3) is 0 Å². The van der Waals surface area contributed by atoms with Gasteiger partial charge in [-0.1, -0.05) is 36.3 Å². The summed E-state index contributed by atoms with van der Waals surface area (Å²) < 4.78 is 5.20. The standard InChI is InChI=1S/C19H25N3O2/c1-3-17-18(13(2)22-24-17)21-19(23)20-12-14-8-10-15-6-4-5-7-16(15)11-9-14/h4-7,14H,3,8-12H2,1-2H3,(H2,20,21,23). The Balaban J connectivity index is 1.51. The Kier molecular flexibility index (Phi) is 5.18. The number of anilines is 1. The molecule has 0 atom stereocenters. The normalized spacial score (nSPS) is 14.8. The zero-order chi connectivity index (χ0) is 16.9. The second-order valence-electron chi connectivity index (χ2n) is 6.47. The maximum Gasteiger partial charge on any atom is 0.319 e. The molecule has 0 radical (unpaired) electrons. The number of amides is 2. The van der Waals surface area contributed by atoms with E-state index in [2.05, 4.69) is 40.1 Å². The van der Waals surface area contributed by atoms with Gasteiger partial charge in [-0.05, 0) is 49.7 Å². The molecule has 0 spiro atoms. The number of nitrogens with one attached hydrogen (secondary N) is 2. The molecule has 2 amide bonds. The Morgan fingerprint density at radius 3 is 2.54 bits per heavy atom. The molecule has 1 aliphatic rings. The summed E-state index contributed by atoms with van der Waals surface area (Å²) in [4.78, 5) is 12.2. The van der Waals surface area contributed by atoms with Crippen LogP contribution in [0.1, 0.15) is 42.3 Å². The van der Waals surface area contributed by atoms with Crippen molar-refractivity contribution in [2.45, 2.75) is 46.0 Å². The van der Waals surface area contributed by atoms with Gasteiger partial charge in [-0.3, -0.25) is 0 Å². The third-order valence-corrected chi connectivity index (χ3v) is 4.81. The number of aryl methyl sites for hydroxylation is 4. The summed E-state index contributed by atoms with van der Waals surface area (Å²) in [5.41, 5.74) is 4.32. The van der Waals surface area contributed by atoms with Gasteiger partial charge in [-0.15, -0.1) is 0 Å². The van der Waals surface area contributed by atoms with Crippen LogP contribution in [-0.2, 0) is 19.3 Å². The molecule has 1 aliphatic carbocycles. The van der Waals surface area contributed by atoms with Crippen molar-refractivity contribution in [1.29, 1.82) is 0 Å². The van der Waals surface area contributed by atoms with Crippen LogP contribution in [-0.4, -0.2) is 17.7 Å². The Bertz CT molecular complexity index is 681. The molecule has 0 saturated heterocycles. The van der Waals surface area contributed by atoms with Crippen molar-refractivity contribution in [3.63, 3.8) is 0 Å². The van der Waals surface area contributed by atoms with E-state index in [1.165, 1.54) is 11.1 Å². The van der Waals surface area contributed by atoms with Crippen LogP contribution in [0.15, 0.2) is 28.8 Å². The molecular weight excluding hydrogens is 302 g/mol. The largest absolute Gasteiger partial charge is 0.359 e. The van der Waals surface area contributed by atoms with Crippen LogP contribution >= 0.6 is 0 Å². The Morgan fingerprint density at radius 2 is 1.92 bits per heavy atom. The van der Waals surface area contributed by atoms with Crippen LogP contribution in [0.5, 0.6) is 0 Å². The second kappa shape index (κ2) is 7.51. The summed E-state index contributed by atoms with van der Waals surface area (Å²) in [5, 5.41) is 9.79. The number of carbonyl (C=O) groups excluding carboxylic acids is 1. The van der Waals surface area contributed by atoms with Crippen molar-refractivity contribution in [3.8, 4) is 0 Å². The lowest BCUT2D eigenvalue weighted by molar-refractivity contribution is 0.249. The number of fused-ring (bicyclic) bond motifs is 1. The molecule has 0 bridgehead atoms. The van der Waals surface area contributed by atoms with Gasteiger partial charge in [0.2, 0.25) is 0 Å². The van der Waals surface area contributed by atoms with Crippen LogP contribution < -0.4 is 10.6 Å². The number of benzene rings is 1. The fraction of sp³-hybridized carbons (Fsp3) is 0.474. The molecule has 1 heterocycles. The molecule has 2 N–H and O–H groups in total. The smallest absolute Gasteiger partial charge is 0.319 e. The highest BCUT2D eigenvalue weighted by Gasteiger charge is 2.18. The van der Waals surface area contributed by atoms with Gasteiger partial charge < -0.3 is 15.2 Å². The SMILES string of the molecule is CCc1onc(C)c1NC(=O)NCC1CCc2ccccc2CC1. The van der Waals surface area contributed by atoms with Gasteiger partial charge in [-0.2, -0.15) is 0 Å². The van der Waals surface area contributed by atoms with Gasteiger partial charge in [0.05, 0.1) is 0 Å². The summed E-state index contributed by atoms with van der Waals surface area (Å²) in [6.45, 7) is 4.51. The quantitative estimate of drug-likeness (QED) is 0.838. The Labute approximate surface area is 142 Å². The van der Waals surface area contributed by atoms with E-state index in [9.17, 15) is 4.79 Å². The minimum Gasteiger partial charge on any atom is -0.359 e. The highest BCUT2D eigenvalue weighted by molar-refractivity contribution is 5.90. The van der Waals surface area contributed by atoms with E-state index in [-0.39, 0.29) is 6.03 Å². The first kappa shape index (κ1) is 16.6. The number of carbonyl (C=O) groups is 1. The number of hydrogen-bond acceptors (Lipinski definition) is 3. The monoisotopic (exact) mass is 327 g/mol. The third-order valence-electron chi connectivity index (χ3n) is 4.81. The first-order valence-electron chi connectivity index (χ1n) is 8.74. The van der Waals surface area contributed by atoms with Crippen LogP contribution in [0.25, 0.3) is 0 Å². The molecule has 0 unspecified atom stereocenters. The summed E-state index contributed by atoms with van der Waals surface area (Å²) >= 11 is 0. The van der Waals surface area contributed by atoms with Crippen molar-refractivity contribution >= 4 is 11.7 Å². The fourth-order valence-corrected chi connectivity index (χ4v) is 3.33. The summed E-state index contributed by atoms with van der Waals surface area (Å²) in [6.07, 6.45) is 5.12. The molecule has 0 fully saturated rings. The predicted molar refractivity (Wildman–Crippen MR) is 94.2 cm³/mol. The Hall–Kier alpha value is -2.30. The lowest BCUT2D eigenvalue weighted by Gasteiger charge is -2.15. The molecule has 24 heavy (non-hydrogen) atoms. The molecule has 1 aromatic heterocycles. The Morgan fingerprint density at radius 1 is 1.25 bits per heavy atom. The fourth-order valence-electron chi connectivity index (χ4n) is 3.33. The van der Waals surface area contributed by atoms with Crippen molar-refractivity contribution in [3.05, 3.63) is 46.8 Å². The number of aromatic nitrogens is 1. The van der Waals surface area contributed by atoms with E-state index in [4.69, 9.17) is 4.52 Å². The second-order valence-corrected chi connectivity index (χ2v) is 6.47. The van der Waals surface area contributed by atoms with Gasteiger partial charge in [0, 0.05) is 13.0 Å². The van der Waals surface area contributed by atoms with Gasteiger partial charge in [0.15, 0.2) is 5.76 Å². The van der Waals surface area contributed by atoms with Crippen LogP contribution in [0.3, 0.4) is 0 Å². The summed E-state index contributed by atoms with van der Waals surface area (Å²) in [7, 11) is 0. The van der Waals surface area contributed by atoms with E-state index < -0.39 is 0 Å². The van der Waals surface area contributed by atoms with Gasteiger partial charge >= 0.3 is 6.03 Å². The van der Waals surface area contributed by atoms with E-state index in [0.717, 1.165) is 25.7 Å². The lowest BCUT2D eigenvalue weighted by Crippen LogP contribution is -2.33. The van der Waals surface area contributed by atoms with Gasteiger partial charge in [-0.25, -0.2) is 4.79 Å². The van der Waals surface area contributed by atoms with Crippen LogP contribution in [0.2, 0.25) is 0 Å². The summed E-state index contributed by atoms with van der Waals surface area (Å²) in [6, 6.07) is 8.48. The molecule has 5 heteroatoms. The highest BCUT2D eigenvalue weighted by atomic mass is 16.5. The third kappa shape index (κ3) is 3.78. The predicted octanol–water partition coefficient (Wildman–Crippen LogP) is 3.86. The minimum atomic E-state index is -0.183. The molecular formula is C19H25N3O2. The van der Waals surface area contributed by atoms with Crippen molar-refractivity contribution in [2.24, 2.45) is 5.92 Å². The maximum atomic E-state index is 12.2. The minimum absolute atomic E-state index is 0.183. The first-order chi connectivity index (χ1) is 11.7. The molecule has 5 nitrogen and oxygen atoms in total. The molecule has 1 aromatic carbocycles. The zero-order valence-corrected chi connectivity index (χ0v) is 14.4. The van der Waals surface area contributed by atoms with Crippen molar-refractivity contribution < 1.29 is 9.32 Å². The highest BCUT2D eigenvalue weighted by Crippen LogP contribution is 2.24. The molecule has 0 aliphatic heterocycles. The average Bonchev–Trinajstić information content (AvgIpc) is 2.82. The first-order valence-corrected chi connectivity index (χ1v) is 8.74. The van der Waals surface area contributed by atoms with E-state index in [0.29, 0.717) is 36.0 Å². The van der Waals surface area contributed by atoms with Gasteiger partial charge in [0.1, 0.15) is 11.4 Å². The lowest BCUT2D eigenvalue weighted by atomic mass is 10.00. The van der Waals surface area contributed by atoms with E-state index in [1.807, 2.05) is 13.8 Å². The number of urea groups is 1. The van der Waals surface area contributed by atoms with E-state index in [1.54, 1.807) is 0 Å². The molecule has 128 valence electrons. The number of rotatable bonds is 4. The number of hydrogen-bond donors (Lipinski definition) is 2. The van der Waals surface area contributed by atoms with Crippen molar-refractivity contribution in [1.82, 2.24) is 10.5 Å². The van der Waals surface area contributed by atoms with Crippen LogP contribution in [0, 0.1) is 12.8 Å². The average molecular weight is 327 g/mol. The zero-order valence-electron chi connectivity index (χ0n) is 14.4. The van der Waals surface area contributed by atoms with Crippen molar-refractivity contribution in [2.75, 3.05) is 11.9 Å². The molecule has 2 aromatic rings. The van der Waals surface area contributed by atoms with Crippen LogP contribution in [0.4, 0.5) is 10.5 Å². The van der Waals surface area contributed by atoms with E-state index >= 15 is 0 Å².